The van der Waals surface area contributed by atoms with Crippen LogP contribution in [0.1, 0.15) is 98.5 Å². The maximum atomic E-state index is 13.9. The van der Waals surface area contributed by atoms with Crippen LogP contribution in [0.15, 0.2) is 30.1 Å². The molecule has 1 N–H and O–H groups in total. The summed E-state index contributed by atoms with van der Waals surface area (Å²) in [5, 5.41) is 10.6. The first-order valence-electron chi connectivity index (χ1n) is 12.7. The minimum atomic E-state index is -0.312. The predicted molar refractivity (Wildman–Crippen MR) is 129 cm³/mol. The average molecular weight is 436 g/mol. The van der Waals surface area contributed by atoms with Crippen molar-refractivity contribution in [3.8, 4) is 0 Å². The smallest absolute Gasteiger partial charge is 0.165 e. The zero-order valence-corrected chi connectivity index (χ0v) is 20.9. The van der Waals surface area contributed by atoms with E-state index in [-0.39, 0.29) is 38.6 Å². The first-order chi connectivity index (χ1) is 14.9. The molecule has 1 heterocycles. The molecule has 0 aromatic carbocycles. The zero-order valence-electron chi connectivity index (χ0n) is 20.9. The van der Waals surface area contributed by atoms with Gasteiger partial charge >= 0.3 is 0 Å². The molecular weight excluding hydrogens is 394 g/mol. The van der Waals surface area contributed by atoms with Crippen LogP contribution in [0.25, 0.3) is 6.08 Å². The van der Waals surface area contributed by atoms with Gasteiger partial charge in [-0.1, -0.05) is 47.6 Å². The van der Waals surface area contributed by atoms with Crippen LogP contribution in [-0.4, -0.2) is 22.0 Å². The quantitative estimate of drug-likeness (QED) is 0.505. The fourth-order valence-corrected chi connectivity index (χ4v) is 9.51. The standard InChI is InChI=1S/C29H41NO2/c1-24-11-13-28(5)27(4,26(24,3)10-9-22(31)18-24)14-12-25(2)23(32)21(17-29(25,28)6)16-20-8-7-15-30-19-20/h7-8,15-16,19,22,31H,9-14,17-18H2,1-6H3/b21-16+/t22-,24-,25+,26-,27+,28+,29+/m1/s1. The molecule has 3 heteroatoms. The fraction of sp³-hybridized carbons (Fsp3) is 0.724. The number of nitrogens with zero attached hydrogens (tertiary/aromatic N) is 1. The summed E-state index contributed by atoms with van der Waals surface area (Å²) in [6.07, 6.45) is 13.7. The van der Waals surface area contributed by atoms with E-state index >= 15 is 0 Å². The Kier molecular flexibility index (Phi) is 4.57. The van der Waals surface area contributed by atoms with Crippen molar-refractivity contribution in [3.63, 3.8) is 0 Å². The molecule has 4 fully saturated rings. The molecule has 1 aromatic heterocycles. The van der Waals surface area contributed by atoms with Crippen LogP contribution >= 0.6 is 0 Å². The number of pyridine rings is 1. The number of carbonyl (C=O) groups excluding carboxylic acids is 1. The van der Waals surface area contributed by atoms with Crippen molar-refractivity contribution in [1.82, 2.24) is 4.98 Å². The van der Waals surface area contributed by atoms with Gasteiger partial charge in [0.05, 0.1) is 6.10 Å². The Morgan fingerprint density at radius 3 is 2.31 bits per heavy atom. The molecule has 0 unspecified atom stereocenters. The maximum Gasteiger partial charge on any atom is 0.165 e. The van der Waals surface area contributed by atoms with Gasteiger partial charge in [-0.15, -0.1) is 0 Å². The Bertz CT molecular complexity index is 986. The van der Waals surface area contributed by atoms with E-state index in [0.29, 0.717) is 5.78 Å². The minimum Gasteiger partial charge on any atom is -0.393 e. The molecule has 4 aliphatic rings. The SMILES string of the molecule is C[C@]12CC[C@@]3(C)[C@@](C)(CC[C@@]4(C)C(=O)/C(=C/c5cccnc5)C[C@]34C)[C@]1(C)CC[C@@H](O)C2. The molecule has 3 nitrogen and oxygen atoms in total. The highest BCUT2D eigenvalue weighted by molar-refractivity contribution is 6.06. The molecule has 0 bridgehead atoms. The minimum absolute atomic E-state index is 0.0709. The van der Waals surface area contributed by atoms with Crippen molar-refractivity contribution < 1.29 is 9.90 Å². The Morgan fingerprint density at radius 1 is 0.938 bits per heavy atom. The van der Waals surface area contributed by atoms with Crippen molar-refractivity contribution in [2.24, 2.45) is 32.5 Å². The molecule has 32 heavy (non-hydrogen) atoms. The van der Waals surface area contributed by atoms with Crippen molar-refractivity contribution in [2.75, 3.05) is 0 Å². The van der Waals surface area contributed by atoms with Crippen LogP contribution in [0.4, 0.5) is 0 Å². The Morgan fingerprint density at radius 2 is 1.62 bits per heavy atom. The predicted octanol–water partition coefficient (Wildman–Crippen LogP) is 6.61. The van der Waals surface area contributed by atoms with E-state index < -0.39 is 0 Å². The summed E-state index contributed by atoms with van der Waals surface area (Å²) in [7, 11) is 0. The number of aliphatic hydroxyl groups is 1. The van der Waals surface area contributed by atoms with Crippen LogP contribution in [0.5, 0.6) is 0 Å². The molecule has 174 valence electrons. The van der Waals surface area contributed by atoms with Crippen molar-refractivity contribution in [1.29, 1.82) is 0 Å². The first-order valence-corrected chi connectivity index (χ1v) is 12.7. The van der Waals surface area contributed by atoms with Crippen LogP contribution in [-0.2, 0) is 4.79 Å². The van der Waals surface area contributed by atoms with Gasteiger partial charge in [-0.25, -0.2) is 0 Å². The molecule has 0 amide bonds. The van der Waals surface area contributed by atoms with Gasteiger partial charge in [0.1, 0.15) is 0 Å². The third-order valence-electron chi connectivity index (χ3n) is 12.5. The average Bonchev–Trinajstić information content (AvgIpc) is 2.95. The fourth-order valence-electron chi connectivity index (χ4n) is 9.51. The Balaban J connectivity index is 1.62. The lowest BCUT2D eigenvalue weighted by Crippen LogP contribution is -2.70. The molecule has 0 aliphatic heterocycles. The second kappa shape index (κ2) is 6.56. The van der Waals surface area contributed by atoms with E-state index in [1.165, 1.54) is 0 Å². The molecule has 5 rings (SSSR count). The highest BCUT2D eigenvalue weighted by Crippen LogP contribution is 2.82. The number of Topliss-reactive ketones (excluding diaryl/α,β-unsaturated/α-hetero) is 1. The molecule has 4 aliphatic carbocycles. The number of fused-ring (bicyclic) bond motifs is 5. The van der Waals surface area contributed by atoms with Gasteiger partial charge in [0.15, 0.2) is 5.78 Å². The molecule has 0 saturated heterocycles. The molecular formula is C29H41NO2. The van der Waals surface area contributed by atoms with Gasteiger partial charge in [-0.05, 0) is 102 Å². The van der Waals surface area contributed by atoms with Crippen LogP contribution < -0.4 is 0 Å². The normalized spacial score (nSPS) is 51.8. The highest BCUT2D eigenvalue weighted by atomic mass is 16.3. The van der Waals surface area contributed by atoms with Crippen molar-refractivity contribution in [3.05, 3.63) is 35.7 Å². The molecule has 0 spiro atoms. The second-order valence-corrected chi connectivity index (χ2v) is 13.1. The van der Waals surface area contributed by atoms with E-state index in [9.17, 15) is 9.90 Å². The monoisotopic (exact) mass is 435 g/mol. The maximum absolute atomic E-state index is 13.9. The van der Waals surface area contributed by atoms with Crippen LogP contribution in [0, 0.1) is 32.5 Å². The summed E-state index contributed by atoms with van der Waals surface area (Å²) in [5.74, 6) is 0.365. The van der Waals surface area contributed by atoms with E-state index in [4.69, 9.17) is 0 Å². The molecule has 7 atom stereocenters. The Labute approximate surface area is 194 Å². The van der Waals surface area contributed by atoms with Gasteiger partial charge < -0.3 is 5.11 Å². The zero-order chi connectivity index (χ0) is 23.2. The highest BCUT2D eigenvalue weighted by Gasteiger charge is 2.77. The lowest BCUT2D eigenvalue weighted by Gasteiger charge is -2.76. The summed E-state index contributed by atoms with van der Waals surface area (Å²) in [6, 6.07) is 3.99. The summed E-state index contributed by atoms with van der Waals surface area (Å²) >= 11 is 0. The first kappa shape index (κ1) is 22.3. The van der Waals surface area contributed by atoms with E-state index in [1.54, 1.807) is 6.20 Å². The van der Waals surface area contributed by atoms with E-state index in [2.05, 4.69) is 52.6 Å². The number of ketones is 1. The number of aromatic nitrogens is 1. The van der Waals surface area contributed by atoms with E-state index in [0.717, 1.165) is 62.5 Å². The van der Waals surface area contributed by atoms with Gasteiger partial charge in [0, 0.05) is 17.8 Å². The topological polar surface area (TPSA) is 50.2 Å². The lowest BCUT2D eigenvalue weighted by molar-refractivity contribution is -0.282. The number of aliphatic hydroxyl groups excluding tert-OH is 1. The summed E-state index contributed by atoms with van der Waals surface area (Å²) in [5.41, 5.74) is 2.20. The van der Waals surface area contributed by atoms with E-state index in [1.807, 2.05) is 18.3 Å². The van der Waals surface area contributed by atoms with Crippen molar-refractivity contribution in [2.45, 2.75) is 99.0 Å². The number of hydrogen-bond acceptors (Lipinski definition) is 3. The summed E-state index contributed by atoms with van der Waals surface area (Å²) in [4.78, 5) is 18.2. The second-order valence-electron chi connectivity index (χ2n) is 13.1. The van der Waals surface area contributed by atoms with Gasteiger partial charge in [-0.2, -0.15) is 0 Å². The number of allylic oxidation sites excluding steroid dienone is 1. The van der Waals surface area contributed by atoms with Gasteiger partial charge in [0.2, 0.25) is 0 Å². The largest absolute Gasteiger partial charge is 0.393 e. The summed E-state index contributed by atoms with van der Waals surface area (Å²) in [6.45, 7) is 14.8. The van der Waals surface area contributed by atoms with Crippen molar-refractivity contribution >= 4 is 11.9 Å². The Hall–Kier alpha value is -1.48. The number of hydrogen-bond donors (Lipinski definition) is 1. The van der Waals surface area contributed by atoms with Crippen LogP contribution in [0.2, 0.25) is 0 Å². The third kappa shape index (κ3) is 2.37. The molecule has 1 aromatic rings. The third-order valence-corrected chi connectivity index (χ3v) is 12.5. The lowest BCUT2D eigenvalue weighted by atomic mass is 9.28. The molecule has 4 saturated carbocycles. The van der Waals surface area contributed by atoms with Gasteiger partial charge in [0.25, 0.3) is 0 Å². The summed E-state index contributed by atoms with van der Waals surface area (Å²) < 4.78 is 0. The number of rotatable bonds is 1. The van der Waals surface area contributed by atoms with Crippen LogP contribution in [0.3, 0.4) is 0 Å². The number of carbonyl (C=O) groups is 1. The molecule has 0 radical (unpaired) electrons. The van der Waals surface area contributed by atoms with Gasteiger partial charge in [-0.3, -0.25) is 9.78 Å².